The smallest absolute Gasteiger partial charge is 0.110 e. The molecule has 1 atom stereocenters. The first kappa shape index (κ1) is 14.5. The van der Waals surface area contributed by atoms with Gasteiger partial charge in [0, 0.05) is 36.2 Å². The van der Waals surface area contributed by atoms with Gasteiger partial charge in [-0.1, -0.05) is 26.2 Å². The van der Waals surface area contributed by atoms with Gasteiger partial charge in [0.05, 0.1) is 6.04 Å². The Hall–Kier alpha value is -0.450. The number of aryl methyl sites for hydroxylation is 1. The van der Waals surface area contributed by atoms with Crippen molar-refractivity contribution < 1.29 is 0 Å². The van der Waals surface area contributed by atoms with E-state index in [0.717, 1.165) is 19.5 Å². The summed E-state index contributed by atoms with van der Waals surface area (Å²) in [6.07, 6.45) is 10.1. The van der Waals surface area contributed by atoms with Gasteiger partial charge in [-0.2, -0.15) is 0 Å². The molecule has 20 heavy (non-hydrogen) atoms. The molecule has 2 fully saturated rings. The molecule has 0 bridgehead atoms. The molecule has 0 aromatic carbocycles. The maximum Gasteiger partial charge on any atom is 0.110 e. The minimum atomic E-state index is 0.398. The van der Waals surface area contributed by atoms with Crippen molar-refractivity contribution in [3.63, 3.8) is 0 Å². The zero-order valence-electron chi connectivity index (χ0n) is 12.8. The van der Waals surface area contributed by atoms with E-state index in [9.17, 15) is 0 Å². The third-order valence-electron chi connectivity index (χ3n) is 5.04. The number of nitrogens with one attached hydrogen (secondary N) is 1. The lowest BCUT2D eigenvalue weighted by Gasteiger charge is -2.47. The van der Waals surface area contributed by atoms with Crippen molar-refractivity contribution in [2.24, 2.45) is 0 Å². The normalized spacial score (nSPS) is 24.9. The predicted octanol–water partition coefficient (Wildman–Crippen LogP) is 3.37. The molecule has 1 saturated carbocycles. The molecule has 1 saturated heterocycles. The van der Waals surface area contributed by atoms with Crippen molar-refractivity contribution in [2.45, 2.75) is 64.0 Å². The summed E-state index contributed by atoms with van der Waals surface area (Å²) in [7, 11) is 0. The van der Waals surface area contributed by atoms with Gasteiger partial charge in [0.1, 0.15) is 5.01 Å². The molecule has 0 amide bonds. The Kier molecular flexibility index (Phi) is 4.43. The van der Waals surface area contributed by atoms with E-state index in [1.807, 2.05) is 11.3 Å². The third-order valence-corrected chi connectivity index (χ3v) is 6.35. The molecule has 112 valence electrons. The molecular weight excluding hydrogens is 266 g/mol. The van der Waals surface area contributed by atoms with Gasteiger partial charge in [-0.05, 0) is 26.2 Å². The first-order chi connectivity index (χ1) is 9.72. The van der Waals surface area contributed by atoms with E-state index in [4.69, 9.17) is 0 Å². The van der Waals surface area contributed by atoms with Gasteiger partial charge in [-0.3, -0.25) is 4.90 Å². The Labute approximate surface area is 126 Å². The van der Waals surface area contributed by atoms with Crippen LogP contribution in [0.2, 0.25) is 0 Å². The monoisotopic (exact) mass is 293 g/mol. The molecule has 3 nitrogen and oxygen atoms in total. The summed E-state index contributed by atoms with van der Waals surface area (Å²) in [4.78, 5) is 8.72. The van der Waals surface area contributed by atoms with Crippen LogP contribution in [-0.2, 0) is 6.42 Å². The van der Waals surface area contributed by atoms with E-state index in [1.54, 1.807) is 0 Å². The molecule has 1 unspecified atom stereocenters. The standard InChI is InChI=1S/C16H27N3S/c1-3-14-11-17-15(20-14)13(2)19-10-9-18-16(12-19)7-5-4-6-8-16/h11,13,18H,3-10,12H2,1-2H3. The highest BCUT2D eigenvalue weighted by atomic mass is 32.1. The maximum absolute atomic E-state index is 4.65. The largest absolute Gasteiger partial charge is 0.309 e. The number of aromatic nitrogens is 1. The molecule has 4 heteroatoms. The highest BCUT2D eigenvalue weighted by molar-refractivity contribution is 7.11. The van der Waals surface area contributed by atoms with Crippen molar-refractivity contribution in [3.05, 3.63) is 16.1 Å². The van der Waals surface area contributed by atoms with Crippen LogP contribution in [-0.4, -0.2) is 35.1 Å². The molecular formula is C16H27N3S. The van der Waals surface area contributed by atoms with Crippen LogP contribution in [0.1, 0.15) is 61.9 Å². The van der Waals surface area contributed by atoms with Crippen LogP contribution in [0.15, 0.2) is 6.20 Å². The number of thiazole rings is 1. The van der Waals surface area contributed by atoms with E-state index in [2.05, 4.69) is 35.2 Å². The quantitative estimate of drug-likeness (QED) is 0.926. The Balaban J connectivity index is 1.69. The van der Waals surface area contributed by atoms with Crippen LogP contribution in [0.3, 0.4) is 0 Å². The van der Waals surface area contributed by atoms with E-state index in [0.29, 0.717) is 11.6 Å². The molecule has 1 N–H and O–H groups in total. The SMILES string of the molecule is CCc1cnc(C(C)N2CCNC3(CCCCC3)C2)s1. The average Bonchev–Trinajstić information content (AvgIpc) is 2.96. The lowest BCUT2D eigenvalue weighted by molar-refractivity contribution is 0.0729. The van der Waals surface area contributed by atoms with Crippen molar-refractivity contribution in [2.75, 3.05) is 19.6 Å². The summed E-state index contributed by atoms with van der Waals surface area (Å²) < 4.78 is 0. The fraction of sp³-hybridized carbons (Fsp3) is 0.812. The van der Waals surface area contributed by atoms with Gasteiger partial charge >= 0.3 is 0 Å². The zero-order chi connectivity index (χ0) is 14.0. The van der Waals surface area contributed by atoms with E-state index in [1.165, 1.54) is 48.5 Å². The molecule has 3 rings (SSSR count). The topological polar surface area (TPSA) is 28.2 Å². The van der Waals surface area contributed by atoms with Crippen molar-refractivity contribution in [3.8, 4) is 0 Å². The van der Waals surface area contributed by atoms with E-state index < -0.39 is 0 Å². The van der Waals surface area contributed by atoms with Gasteiger partial charge < -0.3 is 5.32 Å². The summed E-state index contributed by atoms with van der Waals surface area (Å²) in [5.74, 6) is 0. The first-order valence-corrected chi connectivity index (χ1v) is 8.98. The summed E-state index contributed by atoms with van der Waals surface area (Å²) in [5.41, 5.74) is 0.398. The molecule has 1 spiro atoms. The number of piperazine rings is 1. The Morgan fingerprint density at radius 3 is 2.90 bits per heavy atom. The lowest BCUT2D eigenvalue weighted by atomic mass is 9.80. The second-order valence-corrected chi connectivity index (χ2v) is 7.58. The lowest BCUT2D eigenvalue weighted by Crippen LogP contribution is -2.61. The third kappa shape index (κ3) is 2.92. The van der Waals surface area contributed by atoms with Gasteiger partial charge in [0.25, 0.3) is 0 Å². The fourth-order valence-electron chi connectivity index (χ4n) is 3.72. The Morgan fingerprint density at radius 2 is 2.20 bits per heavy atom. The predicted molar refractivity (Wildman–Crippen MR) is 85.3 cm³/mol. The van der Waals surface area contributed by atoms with Crippen LogP contribution in [0, 0.1) is 0 Å². The molecule has 2 heterocycles. The maximum atomic E-state index is 4.65. The summed E-state index contributed by atoms with van der Waals surface area (Å²) in [6, 6.07) is 0.473. The number of nitrogens with zero attached hydrogens (tertiary/aromatic N) is 2. The molecule has 1 aliphatic carbocycles. The Morgan fingerprint density at radius 1 is 1.40 bits per heavy atom. The number of hydrogen-bond acceptors (Lipinski definition) is 4. The van der Waals surface area contributed by atoms with Crippen LogP contribution < -0.4 is 5.32 Å². The fourth-order valence-corrected chi connectivity index (χ4v) is 4.66. The van der Waals surface area contributed by atoms with Crippen molar-refractivity contribution in [1.29, 1.82) is 0 Å². The molecule has 0 radical (unpaired) electrons. The molecule has 1 aromatic rings. The van der Waals surface area contributed by atoms with Crippen molar-refractivity contribution >= 4 is 11.3 Å². The highest BCUT2D eigenvalue weighted by Gasteiger charge is 2.37. The highest BCUT2D eigenvalue weighted by Crippen LogP contribution is 2.34. The summed E-state index contributed by atoms with van der Waals surface area (Å²) in [5, 5.41) is 5.13. The second-order valence-electron chi connectivity index (χ2n) is 6.43. The zero-order valence-corrected chi connectivity index (χ0v) is 13.6. The van der Waals surface area contributed by atoms with Crippen LogP contribution in [0.5, 0.6) is 0 Å². The van der Waals surface area contributed by atoms with Gasteiger partial charge in [-0.15, -0.1) is 11.3 Å². The molecule has 2 aliphatic rings. The first-order valence-electron chi connectivity index (χ1n) is 8.16. The van der Waals surface area contributed by atoms with Gasteiger partial charge in [0.15, 0.2) is 0 Å². The molecule has 1 aromatic heterocycles. The Bertz CT molecular complexity index is 431. The van der Waals surface area contributed by atoms with Crippen LogP contribution in [0.25, 0.3) is 0 Å². The van der Waals surface area contributed by atoms with Crippen molar-refractivity contribution in [1.82, 2.24) is 15.2 Å². The van der Waals surface area contributed by atoms with Gasteiger partial charge in [0.2, 0.25) is 0 Å². The van der Waals surface area contributed by atoms with E-state index >= 15 is 0 Å². The molecule has 1 aliphatic heterocycles. The van der Waals surface area contributed by atoms with Gasteiger partial charge in [-0.25, -0.2) is 4.98 Å². The van der Waals surface area contributed by atoms with Crippen LogP contribution >= 0.6 is 11.3 Å². The number of hydrogen-bond donors (Lipinski definition) is 1. The number of rotatable bonds is 3. The summed E-state index contributed by atoms with van der Waals surface area (Å²) in [6.45, 7) is 8.04. The van der Waals surface area contributed by atoms with Crippen LogP contribution in [0.4, 0.5) is 0 Å². The minimum Gasteiger partial charge on any atom is -0.309 e. The average molecular weight is 293 g/mol. The van der Waals surface area contributed by atoms with E-state index in [-0.39, 0.29) is 0 Å². The minimum absolute atomic E-state index is 0.398. The second kappa shape index (κ2) is 6.12. The summed E-state index contributed by atoms with van der Waals surface area (Å²) >= 11 is 1.90.